The Morgan fingerprint density at radius 3 is 2.67 bits per heavy atom. The van der Waals surface area contributed by atoms with Gasteiger partial charge in [0.15, 0.2) is 0 Å². The quantitative estimate of drug-likeness (QED) is 0.755. The smallest absolute Gasteiger partial charge is 0.240 e. The van der Waals surface area contributed by atoms with Crippen LogP contribution in [0.1, 0.15) is 5.01 Å². The molecule has 3 nitrogen and oxygen atoms in total. The van der Waals surface area contributed by atoms with Gasteiger partial charge >= 0.3 is 0 Å². The zero-order valence-electron chi connectivity index (χ0n) is 7.49. The molecule has 1 aromatic heterocycles. The average Bonchev–Trinajstić information content (AvgIpc) is 2.44. The molecule has 0 atom stereocenters. The fourth-order valence-corrected chi connectivity index (χ4v) is 3.35. The molecule has 0 aliphatic carbocycles. The highest BCUT2D eigenvalue weighted by atomic mass is 35.7. The van der Waals surface area contributed by atoms with Crippen molar-refractivity contribution in [3.63, 3.8) is 0 Å². The summed E-state index contributed by atoms with van der Waals surface area (Å²) in [4.78, 5) is 4.19. The molecule has 1 heterocycles. The summed E-state index contributed by atoms with van der Waals surface area (Å²) in [6.07, 6.45) is 0. The van der Waals surface area contributed by atoms with Gasteiger partial charge in [-0.3, -0.25) is 0 Å². The first-order valence-electron chi connectivity index (χ1n) is 3.89. The molecular weight excluding hydrogens is 277 g/mol. The molecule has 0 N–H and O–H groups in total. The normalized spacial score (nSPS) is 12.2. The number of hydrogen-bond donors (Lipinski definition) is 0. The maximum atomic E-state index is 11.1. The van der Waals surface area contributed by atoms with E-state index >= 15 is 0 Å². The van der Waals surface area contributed by atoms with Crippen LogP contribution in [0.3, 0.4) is 0 Å². The molecule has 0 saturated carbocycles. The van der Waals surface area contributed by atoms with E-state index in [0.29, 0.717) is 10.5 Å². The Morgan fingerprint density at radius 2 is 2.07 bits per heavy atom. The molecule has 0 spiro atoms. The summed E-state index contributed by atoms with van der Waals surface area (Å²) in [6, 6.07) is 2.79. The van der Waals surface area contributed by atoms with Crippen molar-refractivity contribution in [1.29, 1.82) is 0 Å². The Kier molecular flexibility index (Phi) is 2.66. The molecule has 0 amide bonds. The van der Waals surface area contributed by atoms with Crippen LogP contribution in [0.4, 0.5) is 0 Å². The van der Waals surface area contributed by atoms with Gasteiger partial charge in [-0.15, -0.1) is 11.3 Å². The number of aromatic nitrogens is 1. The summed E-state index contributed by atoms with van der Waals surface area (Å²) in [5.74, 6) is 0. The Balaban J connectivity index is 2.84. The van der Waals surface area contributed by atoms with Crippen molar-refractivity contribution in [3.8, 4) is 0 Å². The Labute approximate surface area is 100 Å². The molecular formula is C8H5Cl2NO2S2. The third-order valence-corrected chi connectivity index (χ3v) is 4.35. The van der Waals surface area contributed by atoms with Crippen molar-refractivity contribution >= 4 is 52.9 Å². The van der Waals surface area contributed by atoms with Crippen molar-refractivity contribution in [2.75, 3.05) is 0 Å². The molecule has 2 aromatic rings. The van der Waals surface area contributed by atoms with Gasteiger partial charge in [-0.2, -0.15) is 0 Å². The molecule has 2 rings (SSSR count). The maximum absolute atomic E-state index is 11.1. The number of thiazole rings is 1. The van der Waals surface area contributed by atoms with Crippen molar-refractivity contribution in [2.24, 2.45) is 0 Å². The lowest BCUT2D eigenvalue weighted by molar-refractivity contribution is 0.609. The second-order valence-corrected chi connectivity index (χ2v) is 7.13. The van der Waals surface area contributed by atoms with Crippen LogP contribution in [0.15, 0.2) is 17.0 Å². The summed E-state index contributed by atoms with van der Waals surface area (Å²) in [5.41, 5.74) is 0.614. The minimum atomic E-state index is -3.74. The first-order chi connectivity index (χ1) is 6.88. The molecule has 0 aliphatic heterocycles. The van der Waals surface area contributed by atoms with Crippen LogP contribution in [0.5, 0.6) is 0 Å². The Hall–Kier alpha value is -0.360. The highest BCUT2D eigenvalue weighted by molar-refractivity contribution is 8.13. The molecule has 0 bridgehead atoms. The number of aryl methyl sites for hydroxylation is 1. The molecule has 0 aliphatic rings. The second-order valence-electron chi connectivity index (χ2n) is 2.92. The van der Waals surface area contributed by atoms with E-state index in [9.17, 15) is 8.42 Å². The third kappa shape index (κ3) is 2.10. The van der Waals surface area contributed by atoms with Crippen molar-refractivity contribution in [1.82, 2.24) is 4.98 Å². The molecule has 15 heavy (non-hydrogen) atoms. The lowest BCUT2D eigenvalue weighted by Gasteiger charge is -1.97. The molecule has 0 radical (unpaired) electrons. The highest BCUT2D eigenvalue weighted by Gasteiger charge is 2.15. The van der Waals surface area contributed by atoms with E-state index in [1.807, 2.05) is 6.92 Å². The minimum absolute atomic E-state index is 0.00492. The SMILES string of the molecule is Cc1nc2c(Cl)cc(S(=O)(=O)Cl)cc2s1. The Morgan fingerprint density at radius 1 is 1.40 bits per heavy atom. The van der Waals surface area contributed by atoms with Crippen LogP contribution < -0.4 is 0 Å². The van der Waals surface area contributed by atoms with E-state index in [4.69, 9.17) is 22.3 Å². The fourth-order valence-electron chi connectivity index (χ4n) is 1.22. The van der Waals surface area contributed by atoms with E-state index in [1.165, 1.54) is 23.5 Å². The van der Waals surface area contributed by atoms with Gasteiger partial charge < -0.3 is 0 Å². The van der Waals surface area contributed by atoms with E-state index in [0.717, 1.165) is 9.71 Å². The van der Waals surface area contributed by atoms with Crippen LogP contribution in [0.25, 0.3) is 10.2 Å². The molecule has 0 unspecified atom stereocenters. The zero-order valence-corrected chi connectivity index (χ0v) is 10.6. The van der Waals surface area contributed by atoms with E-state index in [1.54, 1.807) is 0 Å². The minimum Gasteiger partial charge on any atom is -0.240 e. The predicted molar refractivity (Wildman–Crippen MR) is 62.4 cm³/mol. The van der Waals surface area contributed by atoms with Crippen LogP contribution >= 0.6 is 33.6 Å². The first kappa shape index (κ1) is 11.1. The van der Waals surface area contributed by atoms with E-state index in [2.05, 4.69) is 4.98 Å². The zero-order chi connectivity index (χ0) is 11.2. The third-order valence-electron chi connectivity index (χ3n) is 1.81. The van der Waals surface area contributed by atoms with Crippen LogP contribution in [0, 0.1) is 6.92 Å². The molecule has 0 saturated heterocycles. The van der Waals surface area contributed by atoms with E-state index in [-0.39, 0.29) is 4.90 Å². The number of hydrogen-bond acceptors (Lipinski definition) is 4. The Bertz CT molecular complexity index is 633. The van der Waals surface area contributed by atoms with Crippen molar-refractivity contribution in [3.05, 3.63) is 22.2 Å². The monoisotopic (exact) mass is 281 g/mol. The number of nitrogens with zero attached hydrogens (tertiary/aromatic N) is 1. The summed E-state index contributed by atoms with van der Waals surface area (Å²) in [5, 5.41) is 1.13. The van der Waals surface area contributed by atoms with Crippen molar-refractivity contribution in [2.45, 2.75) is 11.8 Å². The largest absolute Gasteiger partial charge is 0.261 e. The summed E-state index contributed by atoms with van der Waals surface area (Å²) >= 11 is 7.28. The van der Waals surface area contributed by atoms with Gasteiger partial charge in [0, 0.05) is 10.7 Å². The van der Waals surface area contributed by atoms with Gasteiger partial charge in [0.05, 0.1) is 19.6 Å². The van der Waals surface area contributed by atoms with Gasteiger partial charge in [-0.25, -0.2) is 13.4 Å². The average molecular weight is 282 g/mol. The van der Waals surface area contributed by atoms with Gasteiger partial charge in [0.2, 0.25) is 0 Å². The predicted octanol–water partition coefficient (Wildman–Crippen LogP) is 3.19. The van der Waals surface area contributed by atoms with Crippen molar-refractivity contribution < 1.29 is 8.42 Å². The number of halogens is 2. The first-order valence-corrected chi connectivity index (χ1v) is 7.39. The molecule has 0 fully saturated rings. The summed E-state index contributed by atoms with van der Waals surface area (Å²) in [6.45, 7) is 1.83. The molecule has 1 aromatic carbocycles. The van der Waals surface area contributed by atoms with Gasteiger partial charge in [0.1, 0.15) is 5.52 Å². The molecule has 7 heteroatoms. The lowest BCUT2D eigenvalue weighted by atomic mass is 10.3. The second kappa shape index (κ2) is 3.59. The van der Waals surface area contributed by atoms with Gasteiger partial charge in [-0.1, -0.05) is 11.6 Å². The number of fused-ring (bicyclic) bond motifs is 1. The topological polar surface area (TPSA) is 47.0 Å². The maximum Gasteiger partial charge on any atom is 0.261 e. The lowest BCUT2D eigenvalue weighted by Crippen LogP contribution is -1.89. The van der Waals surface area contributed by atoms with Gasteiger partial charge in [0.25, 0.3) is 9.05 Å². The number of rotatable bonds is 1. The van der Waals surface area contributed by atoms with Gasteiger partial charge in [-0.05, 0) is 19.1 Å². The molecule has 80 valence electrons. The van der Waals surface area contributed by atoms with Crippen LogP contribution in [0.2, 0.25) is 5.02 Å². The fraction of sp³-hybridized carbons (Fsp3) is 0.125. The van der Waals surface area contributed by atoms with Crippen LogP contribution in [-0.4, -0.2) is 13.4 Å². The number of benzene rings is 1. The highest BCUT2D eigenvalue weighted by Crippen LogP contribution is 2.31. The van der Waals surface area contributed by atoms with Crippen LogP contribution in [-0.2, 0) is 9.05 Å². The standard InChI is InChI=1S/C8H5Cl2NO2S2/c1-4-11-8-6(9)2-5(15(10,12)13)3-7(8)14-4/h2-3H,1H3. The summed E-state index contributed by atoms with van der Waals surface area (Å²) < 4.78 is 23.0. The summed E-state index contributed by atoms with van der Waals surface area (Å²) in [7, 11) is 1.49. The van der Waals surface area contributed by atoms with E-state index < -0.39 is 9.05 Å².